The number of amides is 1. The molecule has 1 amide bonds. The van der Waals surface area contributed by atoms with E-state index < -0.39 is 0 Å². The first-order chi connectivity index (χ1) is 9.97. The number of carbonyl (C=O) groups excluding carboxylic acids is 1. The predicted octanol–water partition coefficient (Wildman–Crippen LogP) is 3.14. The van der Waals surface area contributed by atoms with Crippen molar-refractivity contribution in [2.45, 2.75) is 26.3 Å². The van der Waals surface area contributed by atoms with Gasteiger partial charge in [0.15, 0.2) is 0 Å². The van der Waals surface area contributed by atoms with Crippen molar-refractivity contribution in [2.75, 3.05) is 7.05 Å². The van der Waals surface area contributed by atoms with E-state index in [4.69, 9.17) is 11.6 Å². The molecule has 110 valence electrons. The average Bonchev–Trinajstić information content (AvgIpc) is 2.46. The Balaban J connectivity index is 2.06. The number of pyridine rings is 2. The van der Waals surface area contributed by atoms with Gasteiger partial charge in [0.2, 0.25) is 0 Å². The van der Waals surface area contributed by atoms with E-state index in [1.54, 1.807) is 30.3 Å². The van der Waals surface area contributed by atoms with Gasteiger partial charge in [0.05, 0.1) is 5.02 Å². The molecule has 0 saturated carbocycles. The molecule has 0 N–H and O–H groups in total. The molecule has 0 saturated heterocycles. The number of aromatic nitrogens is 2. The van der Waals surface area contributed by atoms with E-state index in [-0.39, 0.29) is 11.9 Å². The maximum absolute atomic E-state index is 12.4. The van der Waals surface area contributed by atoms with Gasteiger partial charge in [0, 0.05) is 37.6 Å². The quantitative estimate of drug-likeness (QED) is 0.871. The second kappa shape index (κ2) is 6.68. The highest BCUT2D eigenvalue weighted by Crippen LogP contribution is 2.12. The maximum atomic E-state index is 12.4. The van der Waals surface area contributed by atoms with Crippen LogP contribution in [0.25, 0.3) is 0 Å². The second-order valence-corrected chi connectivity index (χ2v) is 5.59. The van der Waals surface area contributed by atoms with Crippen LogP contribution in [0, 0.1) is 6.92 Å². The Morgan fingerprint density at radius 1 is 1.33 bits per heavy atom. The third kappa shape index (κ3) is 4.02. The van der Waals surface area contributed by atoms with E-state index in [9.17, 15) is 4.79 Å². The van der Waals surface area contributed by atoms with Crippen LogP contribution in [-0.4, -0.2) is 33.9 Å². The monoisotopic (exact) mass is 303 g/mol. The largest absolute Gasteiger partial charge is 0.337 e. The Morgan fingerprint density at radius 3 is 2.71 bits per heavy atom. The summed E-state index contributed by atoms with van der Waals surface area (Å²) in [5.74, 6) is -0.119. The zero-order valence-electron chi connectivity index (χ0n) is 12.4. The molecule has 2 aromatic rings. The van der Waals surface area contributed by atoms with Crippen molar-refractivity contribution in [2.24, 2.45) is 0 Å². The molecular weight excluding hydrogens is 286 g/mol. The van der Waals surface area contributed by atoms with Crippen LogP contribution in [0.3, 0.4) is 0 Å². The van der Waals surface area contributed by atoms with E-state index in [1.165, 1.54) is 11.8 Å². The fraction of sp³-hybridized carbons (Fsp3) is 0.312. The summed E-state index contributed by atoms with van der Waals surface area (Å²) >= 11 is 5.78. The first kappa shape index (κ1) is 15.4. The van der Waals surface area contributed by atoms with Crippen LogP contribution < -0.4 is 0 Å². The fourth-order valence-corrected chi connectivity index (χ4v) is 2.14. The van der Waals surface area contributed by atoms with Crippen molar-refractivity contribution in [3.05, 3.63) is 58.6 Å². The number of hydrogen-bond donors (Lipinski definition) is 0. The number of aryl methyl sites for hydroxylation is 1. The van der Waals surface area contributed by atoms with Gasteiger partial charge < -0.3 is 4.90 Å². The molecule has 2 aromatic heterocycles. The second-order valence-electron chi connectivity index (χ2n) is 5.16. The Bertz CT molecular complexity index is 628. The number of halogens is 1. The van der Waals surface area contributed by atoms with E-state index >= 15 is 0 Å². The van der Waals surface area contributed by atoms with Crippen LogP contribution in [0.2, 0.25) is 5.02 Å². The number of rotatable bonds is 4. The summed E-state index contributed by atoms with van der Waals surface area (Å²) in [5.41, 5.74) is 2.54. The third-order valence-corrected chi connectivity index (χ3v) is 3.63. The lowest BCUT2D eigenvalue weighted by molar-refractivity contribution is 0.0737. The Labute approximate surface area is 129 Å². The van der Waals surface area contributed by atoms with Crippen LogP contribution >= 0.6 is 11.6 Å². The van der Waals surface area contributed by atoms with Crippen LogP contribution in [0.4, 0.5) is 0 Å². The van der Waals surface area contributed by atoms with Crippen LogP contribution in [-0.2, 0) is 6.42 Å². The van der Waals surface area contributed by atoms with Gasteiger partial charge in [0.1, 0.15) is 5.69 Å². The summed E-state index contributed by atoms with van der Waals surface area (Å²) in [6.07, 6.45) is 3.98. The average molecular weight is 304 g/mol. The molecule has 21 heavy (non-hydrogen) atoms. The molecule has 5 heteroatoms. The SMILES string of the molecule is Cc1ccnc(C[C@@H](C)N(C)C(=O)c2ccc(Cl)cn2)c1. The van der Waals surface area contributed by atoms with Crippen molar-refractivity contribution < 1.29 is 4.79 Å². The van der Waals surface area contributed by atoms with Gasteiger partial charge in [-0.2, -0.15) is 0 Å². The predicted molar refractivity (Wildman–Crippen MR) is 83.5 cm³/mol. The summed E-state index contributed by atoms with van der Waals surface area (Å²) in [7, 11) is 1.78. The first-order valence-corrected chi connectivity index (χ1v) is 7.15. The molecule has 0 aliphatic heterocycles. The van der Waals surface area contributed by atoms with Gasteiger partial charge in [-0.15, -0.1) is 0 Å². The lowest BCUT2D eigenvalue weighted by Crippen LogP contribution is -2.37. The first-order valence-electron chi connectivity index (χ1n) is 6.77. The van der Waals surface area contributed by atoms with E-state index in [0.717, 1.165) is 5.69 Å². The zero-order chi connectivity index (χ0) is 15.4. The smallest absolute Gasteiger partial charge is 0.272 e. The lowest BCUT2D eigenvalue weighted by Gasteiger charge is -2.24. The fourth-order valence-electron chi connectivity index (χ4n) is 2.03. The highest BCUT2D eigenvalue weighted by molar-refractivity contribution is 6.30. The zero-order valence-corrected chi connectivity index (χ0v) is 13.1. The number of likely N-dealkylation sites (N-methyl/N-ethyl adjacent to an activating group) is 1. The van der Waals surface area contributed by atoms with Crippen molar-refractivity contribution in [3.63, 3.8) is 0 Å². The molecule has 0 fully saturated rings. The van der Waals surface area contributed by atoms with Crippen LogP contribution in [0.5, 0.6) is 0 Å². The van der Waals surface area contributed by atoms with Gasteiger partial charge in [0.25, 0.3) is 5.91 Å². The third-order valence-electron chi connectivity index (χ3n) is 3.40. The van der Waals surface area contributed by atoms with E-state index in [0.29, 0.717) is 17.1 Å². The van der Waals surface area contributed by atoms with Crippen LogP contribution in [0.15, 0.2) is 36.7 Å². The maximum Gasteiger partial charge on any atom is 0.272 e. The van der Waals surface area contributed by atoms with Crippen molar-refractivity contribution in [3.8, 4) is 0 Å². The molecule has 0 bridgehead atoms. The molecule has 4 nitrogen and oxygen atoms in total. The van der Waals surface area contributed by atoms with Gasteiger partial charge in [-0.3, -0.25) is 9.78 Å². The molecule has 0 spiro atoms. The van der Waals surface area contributed by atoms with Crippen LogP contribution in [0.1, 0.15) is 28.7 Å². The van der Waals surface area contributed by atoms with Crippen molar-refractivity contribution in [1.82, 2.24) is 14.9 Å². The molecule has 2 rings (SSSR count). The molecule has 0 unspecified atom stereocenters. The number of nitrogens with zero attached hydrogens (tertiary/aromatic N) is 3. The molecule has 1 atom stereocenters. The minimum Gasteiger partial charge on any atom is -0.337 e. The summed E-state index contributed by atoms with van der Waals surface area (Å²) in [6.45, 7) is 4.03. The molecule has 2 heterocycles. The van der Waals surface area contributed by atoms with Crippen molar-refractivity contribution in [1.29, 1.82) is 0 Å². The number of hydrogen-bond acceptors (Lipinski definition) is 3. The Hall–Kier alpha value is -1.94. The van der Waals surface area contributed by atoms with Gasteiger partial charge in [-0.05, 0) is 43.7 Å². The molecule has 0 aliphatic carbocycles. The minimum atomic E-state index is -0.119. The van der Waals surface area contributed by atoms with E-state index in [1.807, 2.05) is 26.0 Å². The topological polar surface area (TPSA) is 46.1 Å². The summed E-state index contributed by atoms with van der Waals surface area (Å²) < 4.78 is 0. The van der Waals surface area contributed by atoms with Gasteiger partial charge >= 0.3 is 0 Å². The lowest BCUT2D eigenvalue weighted by atomic mass is 10.1. The van der Waals surface area contributed by atoms with Gasteiger partial charge in [-0.25, -0.2) is 4.98 Å². The van der Waals surface area contributed by atoms with E-state index in [2.05, 4.69) is 9.97 Å². The normalized spacial score (nSPS) is 12.0. The molecule has 0 aromatic carbocycles. The summed E-state index contributed by atoms with van der Waals surface area (Å²) in [5, 5.41) is 0.520. The standard InChI is InChI=1S/C16H18ClN3O/c1-11-6-7-18-14(8-11)9-12(2)20(3)16(21)15-5-4-13(17)10-19-15/h4-8,10,12H,9H2,1-3H3/t12-/m1/s1. The number of carbonyl (C=O) groups is 1. The van der Waals surface area contributed by atoms with Crippen molar-refractivity contribution >= 4 is 17.5 Å². The minimum absolute atomic E-state index is 0.0317. The van der Waals surface area contributed by atoms with Gasteiger partial charge in [-0.1, -0.05) is 11.6 Å². The highest BCUT2D eigenvalue weighted by Gasteiger charge is 2.19. The molecule has 0 radical (unpaired) electrons. The summed E-state index contributed by atoms with van der Waals surface area (Å²) in [6, 6.07) is 7.33. The Kier molecular flexibility index (Phi) is 4.91. The molecular formula is C16H18ClN3O. The highest BCUT2D eigenvalue weighted by atomic mass is 35.5. The summed E-state index contributed by atoms with van der Waals surface area (Å²) in [4.78, 5) is 22.4. The molecule has 0 aliphatic rings. The Morgan fingerprint density at radius 2 is 2.10 bits per heavy atom.